The summed E-state index contributed by atoms with van der Waals surface area (Å²) in [6.07, 6.45) is 2.51. The Bertz CT molecular complexity index is 578. The second-order valence-electron chi connectivity index (χ2n) is 4.86. The molecule has 124 valence electrons. The van der Waals surface area contributed by atoms with Crippen molar-refractivity contribution in [2.75, 3.05) is 20.2 Å². The molecular formula is C17H23IN4O. The van der Waals surface area contributed by atoms with E-state index in [-0.39, 0.29) is 30.1 Å². The molecule has 0 radical (unpaired) electrons. The van der Waals surface area contributed by atoms with Gasteiger partial charge in [-0.15, -0.1) is 24.0 Å². The number of nitrogens with two attached hydrogens (primary N) is 1. The highest BCUT2D eigenvalue weighted by atomic mass is 127. The van der Waals surface area contributed by atoms with E-state index in [1.807, 2.05) is 48.5 Å². The van der Waals surface area contributed by atoms with E-state index in [2.05, 4.69) is 15.3 Å². The highest BCUT2D eigenvalue weighted by molar-refractivity contribution is 14.0. The molecule has 1 aromatic heterocycles. The Kier molecular flexibility index (Phi) is 9.23. The largest absolute Gasteiger partial charge is 0.375 e. The number of hydrogen-bond donors (Lipinski definition) is 2. The molecule has 1 atom stereocenters. The molecule has 0 bridgehead atoms. The molecule has 0 aliphatic rings. The maximum atomic E-state index is 5.88. The number of halogens is 1. The third kappa shape index (κ3) is 6.96. The fourth-order valence-electron chi connectivity index (χ4n) is 2.09. The second-order valence-corrected chi connectivity index (χ2v) is 4.86. The van der Waals surface area contributed by atoms with Gasteiger partial charge in [0.05, 0.1) is 6.54 Å². The monoisotopic (exact) mass is 426 g/mol. The Hall–Kier alpha value is -1.67. The van der Waals surface area contributed by atoms with Crippen molar-refractivity contribution in [3.8, 4) is 0 Å². The summed E-state index contributed by atoms with van der Waals surface area (Å²) in [7, 11) is 1.68. The van der Waals surface area contributed by atoms with E-state index in [1.165, 1.54) is 0 Å². The average Bonchev–Trinajstić information content (AvgIpc) is 2.57. The Balaban J connectivity index is 0.00000264. The minimum absolute atomic E-state index is 0. The van der Waals surface area contributed by atoms with Crippen LogP contribution in [-0.2, 0) is 11.2 Å². The molecule has 3 N–H and O–H groups in total. The van der Waals surface area contributed by atoms with Gasteiger partial charge in [0.2, 0.25) is 0 Å². The lowest BCUT2D eigenvalue weighted by atomic mass is 10.1. The summed E-state index contributed by atoms with van der Waals surface area (Å²) in [6, 6.07) is 15.9. The van der Waals surface area contributed by atoms with Crippen molar-refractivity contribution >= 4 is 29.9 Å². The number of aliphatic imine (C=N–C) groups is 1. The van der Waals surface area contributed by atoms with Gasteiger partial charge in [-0.2, -0.15) is 0 Å². The van der Waals surface area contributed by atoms with Crippen molar-refractivity contribution in [1.29, 1.82) is 0 Å². The number of aromatic nitrogens is 1. The number of nitrogens with one attached hydrogen (secondary N) is 1. The lowest BCUT2D eigenvalue weighted by Crippen LogP contribution is -2.33. The van der Waals surface area contributed by atoms with Gasteiger partial charge in [0, 0.05) is 32.0 Å². The SMILES string of the molecule is COC(CN=C(N)NCCc1ccccn1)c1ccccc1.I. The van der Waals surface area contributed by atoms with Gasteiger partial charge in [-0.1, -0.05) is 36.4 Å². The van der Waals surface area contributed by atoms with Crippen molar-refractivity contribution in [3.05, 3.63) is 66.0 Å². The van der Waals surface area contributed by atoms with Gasteiger partial charge in [-0.25, -0.2) is 0 Å². The molecule has 0 fully saturated rings. The normalized spacial score (nSPS) is 12.3. The van der Waals surface area contributed by atoms with Gasteiger partial charge in [-0.3, -0.25) is 9.98 Å². The quantitative estimate of drug-likeness (QED) is 0.406. The van der Waals surface area contributed by atoms with Crippen LogP contribution in [0.25, 0.3) is 0 Å². The van der Waals surface area contributed by atoms with Crippen LogP contribution in [0.1, 0.15) is 17.4 Å². The van der Waals surface area contributed by atoms with Crippen LogP contribution in [0.3, 0.4) is 0 Å². The zero-order valence-electron chi connectivity index (χ0n) is 13.2. The molecule has 0 saturated heterocycles. The summed E-state index contributed by atoms with van der Waals surface area (Å²) in [6.45, 7) is 1.19. The van der Waals surface area contributed by atoms with Gasteiger partial charge < -0.3 is 15.8 Å². The van der Waals surface area contributed by atoms with Gasteiger partial charge in [0.1, 0.15) is 6.10 Å². The number of methoxy groups -OCH3 is 1. The standard InChI is InChI=1S/C17H22N4O.HI/c1-22-16(14-7-3-2-4-8-14)13-21-17(18)20-12-10-15-9-5-6-11-19-15;/h2-9,11,16H,10,12-13H2,1H3,(H3,18,20,21);1H. The zero-order valence-corrected chi connectivity index (χ0v) is 15.5. The molecule has 0 aliphatic carbocycles. The van der Waals surface area contributed by atoms with E-state index < -0.39 is 0 Å². The average molecular weight is 426 g/mol. The highest BCUT2D eigenvalue weighted by Gasteiger charge is 2.08. The van der Waals surface area contributed by atoms with Crippen LogP contribution in [0.2, 0.25) is 0 Å². The molecular weight excluding hydrogens is 403 g/mol. The predicted molar refractivity (Wildman–Crippen MR) is 104 cm³/mol. The Morgan fingerprint density at radius 1 is 1.22 bits per heavy atom. The van der Waals surface area contributed by atoms with Crippen molar-refractivity contribution < 1.29 is 4.74 Å². The number of nitrogens with zero attached hydrogens (tertiary/aromatic N) is 2. The van der Waals surface area contributed by atoms with E-state index in [9.17, 15) is 0 Å². The molecule has 1 heterocycles. The molecule has 6 heteroatoms. The van der Waals surface area contributed by atoms with Gasteiger partial charge in [0.15, 0.2) is 5.96 Å². The topological polar surface area (TPSA) is 72.5 Å². The maximum Gasteiger partial charge on any atom is 0.188 e. The molecule has 2 rings (SSSR count). The van der Waals surface area contributed by atoms with E-state index >= 15 is 0 Å². The summed E-state index contributed by atoms with van der Waals surface area (Å²) >= 11 is 0. The third-order valence-corrected chi connectivity index (χ3v) is 3.30. The first-order valence-electron chi connectivity index (χ1n) is 7.31. The lowest BCUT2D eigenvalue weighted by molar-refractivity contribution is 0.111. The molecule has 2 aromatic rings. The van der Waals surface area contributed by atoms with E-state index in [1.54, 1.807) is 13.3 Å². The molecule has 0 aliphatic heterocycles. The summed E-state index contributed by atoms with van der Waals surface area (Å²) in [4.78, 5) is 8.60. The minimum Gasteiger partial charge on any atom is -0.375 e. The second kappa shape index (κ2) is 11.0. The van der Waals surface area contributed by atoms with Crippen molar-refractivity contribution in [2.24, 2.45) is 10.7 Å². The number of benzene rings is 1. The van der Waals surface area contributed by atoms with Crippen LogP contribution in [0, 0.1) is 0 Å². The predicted octanol–water partition coefficient (Wildman–Crippen LogP) is 2.53. The molecule has 23 heavy (non-hydrogen) atoms. The van der Waals surface area contributed by atoms with Gasteiger partial charge >= 0.3 is 0 Å². The Labute approximate surface area is 154 Å². The fourth-order valence-corrected chi connectivity index (χ4v) is 2.09. The molecule has 1 aromatic carbocycles. The van der Waals surface area contributed by atoms with E-state index in [0.29, 0.717) is 19.0 Å². The zero-order chi connectivity index (χ0) is 15.6. The van der Waals surface area contributed by atoms with Gasteiger partial charge in [-0.05, 0) is 17.7 Å². The first-order valence-corrected chi connectivity index (χ1v) is 7.31. The number of pyridine rings is 1. The smallest absolute Gasteiger partial charge is 0.188 e. The first-order chi connectivity index (χ1) is 10.8. The summed E-state index contributed by atoms with van der Waals surface area (Å²) in [5.41, 5.74) is 8.00. The molecule has 0 amide bonds. The van der Waals surface area contributed by atoms with Gasteiger partial charge in [0.25, 0.3) is 0 Å². The van der Waals surface area contributed by atoms with Crippen LogP contribution < -0.4 is 11.1 Å². The lowest BCUT2D eigenvalue weighted by Gasteiger charge is -2.14. The molecule has 1 unspecified atom stereocenters. The van der Waals surface area contributed by atoms with Crippen molar-refractivity contribution in [2.45, 2.75) is 12.5 Å². The number of ether oxygens (including phenoxy) is 1. The van der Waals surface area contributed by atoms with E-state index in [4.69, 9.17) is 10.5 Å². The fraction of sp³-hybridized carbons (Fsp3) is 0.294. The summed E-state index contributed by atoms with van der Waals surface area (Å²) < 4.78 is 5.46. The Morgan fingerprint density at radius 3 is 2.61 bits per heavy atom. The maximum absolute atomic E-state index is 5.88. The minimum atomic E-state index is -0.0858. The molecule has 0 saturated carbocycles. The number of hydrogen-bond acceptors (Lipinski definition) is 3. The van der Waals surface area contributed by atoms with E-state index in [0.717, 1.165) is 17.7 Å². The first kappa shape index (κ1) is 19.4. The van der Waals surface area contributed by atoms with Crippen LogP contribution in [0.4, 0.5) is 0 Å². The molecule has 5 nitrogen and oxygen atoms in total. The Morgan fingerprint density at radius 2 is 1.96 bits per heavy atom. The van der Waals surface area contributed by atoms with Crippen molar-refractivity contribution in [1.82, 2.24) is 10.3 Å². The number of rotatable bonds is 7. The summed E-state index contributed by atoms with van der Waals surface area (Å²) in [5, 5.41) is 3.09. The highest BCUT2D eigenvalue weighted by Crippen LogP contribution is 2.15. The van der Waals surface area contributed by atoms with Crippen LogP contribution >= 0.6 is 24.0 Å². The summed E-state index contributed by atoms with van der Waals surface area (Å²) in [5.74, 6) is 0.425. The third-order valence-electron chi connectivity index (χ3n) is 3.30. The van der Waals surface area contributed by atoms with Crippen LogP contribution in [0.5, 0.6) is 0 Å². The van der Waals surface area contributed by atoms with Crippen LogP contribution in [0.15, 0.2) is 59.7 Å². The van der Waals surface area contributed by atoms with Crippen LogP contribution in [-0.4, -0.2) is 31.1 Å². The number of guanidine groups is 1. The molecule has 0 spiro atoms. The van der Waals surface area contributed by atoms with Crippen molar-refractivity contribution in [3.63, 3.8) is 0 Å².